The van der Waals surface area contributed by atoms with Crippen LogP contribution in [-0.2, 0) is 4.79 Å². The van der Waals surface area contributed by atoms with Crippen LogP contribution in [0.3, 0.4) is 0 Å². The van der Waals surface area contributed by atoms with Crippen molar-refractivity contribution in [2.75, 3.05) is 0 Å². The Balaban J connectivity index is 0.00000256. The maximum absolute atomic E-state index is 11.5. The van der Waals surface area contributed by atoms with Crippen LogP contribution < -0.4 is 11.1 Å². The molecule has 0 aromatic heterocycles. The molecule has 3 nitrogen and oxygen atoms in total. The van der Waals surface area contributed by atoms with Gasteiger partial charge in [-0.15, -0.1) is 0 Å². The van der Waals surface area contributed by atoms with Gasteiger partial charge < -0.3 is 11.1 Å². The molecule has 3 unspecified atom stereocenters. The molecule has 3 atom stereocenters. The summed E-state index contributed by atoms with van der Waals surface area (Å²) in [7, 11) is 0. The Labute approximate surface area is 180 Å². The van der Waals surface area contributed by atoms with Crippen molar-refractivity contribution in [1.82, 2.24) is 5.32 Å². The lowest BCUT2D eigenvalue weighted by atomic mass is 9.79. The summed E-state index contributed by atoms with van der Waals surface area (Å²) in [4.78, 5) is 11.5. The Bertz CT molecular complexity index is 980. The van der Waals surface area contributed by atoms with Crippen LogP contribution in [0.15, 0.2) is 77.9 Å². The van der Waals surface area contributed by atoms with Gasteiger partial charge in [0.15, 0.2) is 0 Å². The third-order valence-electron chi connectivity index (χ3n) is 6.39. The van der Waals surface area contributed by atoms with E-state index in [-0.39, 0.29) is 13.3 Å². The number of amides is 1. The summed E-state index contributed by atoms with van der Waals surface area (Å²) < 4.78 is 0. The minimum Gasteiger partial charge on any atom is -0.366 e. The number of nitrogens with one attached hydrogen (secondary N) is 1. The largest absolute Gasteiger partial charge is 0.366 e. The molecule has 0 aliphatic heterocycles. The molecule has 0 bridgehead atoms. The third kappa shape index (κ3) is 4.91. The number of primary amides is 1. The van der Waals surface area contributed by atoms with E-state index in [0.29, 0.717) is 23.6 Å². The highest BCUT2D eigenvalue weighted by Crippen LogP contribution is 2.34. The number of fused-ring (bicyclic) bond motifs is 1. The molecule has 1 fully saturated rings. The molecule has 1 amide bonds. The highest BCUT2D eigenvalue weighted by Gasteiger charge is 2.26. The number of hydrogen-bond donors (Lipinski definition) is 2. The average Bonchev–Trinajstić information content (AvgIpc) is 3.00. The van der Waals surface area contributed by atoms with Crippen LogP contribution in [-0.4, -0.2) is 11.9 Å². The zero-order chi connectivity index (χ0) is 20.2. The van der Waals surface area contributed by atoms with Crippen molar-refractivity contribution >= 4 is 16.7 Å². The third-order valence-corrected chi connectivity index (χ3v) is 6.39. The van der Waals surface area contributed by atoms with Gasteiger partial charge in [0, 0.05) is 17.7 Å². The lowest BCUT2D eigenvalue weighted by Gasteiger charge is -2.33. The van der Waals surface area contributed by atoms with Crippen molar-refractivity contribution in [1.29, 1.82) is 0 Å². The molecule has 1 saturated carbocycles. The monoisotopic (exact) mass is 402 g/mol. The lowest BCUT2D eigenvalue weighted by molar-refractivity contribution is -0.114. The predicted octanol–water partition coefficient (Wildman–Crippen LogP) is 5.98. The Morgan fingerprint density at radius 2 is 1.90 bits per heavy atom. The molecular formula is C27H34N2O. The van der Waals surface area contributed by atoms with E-state index in [1.165, 1.54) is 41.2 Å². The standard InChI is InChI=1S/C26H30N2O.CH4/c1-18(24-14-6-9-20-7-2-3-13-25(20)24)28-23-12-5-11-22(17-23)19-8-4-10-21(16-15-19)26(27)29;/h2-4,6-7,9-10,13-16,18,22-23,28H,5,8,11-12,17H2,1H3,(H2,27,29);1H4. The molecule has 2 aliphatic carbocycles. The second-order valence-corrected chi connectivity index (χ2v) is 8.35. The molecule has 3 heteroatoms. The zero-order valence-electron chi connectivity index (χ0n) is 17.1. The van der Waals surface area contributed by atoms with Gasteiger partial charge in [0.05, 0.1) is 0 Å². The van der Waals surface area contributed by atoms with E-state index >= 15 is 0 Å². The van der Waals surface area contributed by atoms with Crippen LogP contribution in [0.4, 0.5) is 0 Å². The first-order valence-electron chi connectivity index (χ1n) is 10.7. The lowest BCUT2D eigenvalue weighted by Crippen LogP contribution is -2.36. The summed E-state index contributed by atoms with van der Waals surface area (Å²) in [5, 5.41) is 6.54. The van der Waals surface area contributed by atoms with E-state index < -0.39 is 0 Å². The van der Waals surface area contributed by atoms with Gasteiger partial charge in [-0.3, -0.25) is 4.79 Å². The second-order valence-electron chi connectivity index (χ2n) is 8.35. The van der Waals surface area contributed by atoms with Crippen LogP contribution in [0.25, 0.3) is 10.8 Å². The molecule has 0 saturated heterocycles. The van der Waals surface area contributed by atoms with Gasteiger partial charge in [0.25, 0.3) is 0 Å². The molecule has 2 aromatic rings. The van der Waals surface area contributed by atoms with Crippen molar-refractivity contribution in [3.8, 4) is 0 Å². The van der Waals surface area contributed by atoms with Gasteiger partial charge in [-0.25, -0.2) is 0 Å². The number of benzene rings is 2. The van der Waals surface area contributed by atoms with Gasteiger partial charge >= 0.3 is 0 Å². The maximum Gasteiger partial charge on any atom is 0.248 e. The molecule has 4 rings (SSSR count). The molecule has 2 aliphatic rings. The molecule has 0 spiro atoms. The average molecular weight is 403 g/mol. The zero-order valence-corrected chi connectivity index (χ0v) is 17.1. The summed E-state index contributed by atoms with van der Waals surface area (Å²) in [6, 6.07) is 16.0. The van der Waals surface area contributed by atoms with Crippen LogP contribution in [0, 0.1) is 5.92 Å². The Kier molecular flexibility index (Phi) is 7.28. The highest BCUT2D eigenvalue weighted by atomic mass is 16.1. The Hall–Kier alpha value is -2.65. The molecular weight excluding hydrogens is 368 g/mol. The summed E-state index contributed by atoms with van der Waals surface area (Å²) in [6.07, 6.45) is 13.7. The van der Waals surface area contributed by atoms with E-state index in [4.69, 9.17) is 5.73 Å². The molecule has 2 aromatic carbocycles. The molecule has 0 heterocycles. The second kappa shape index (κ2) is 9.90. The summed E-state index contributed by atoms with van der Waals surface area (Å²) in [5.41, 5.74) is 8.82. The smallest absolute Gasteiger partial charge is 0.248 e. The quantitative estimate of drug-likeness (QED) is 0.646. The fourth-order valence-electron chi connectivity index (χ4n) is 4.86. The van der Waals surface area contributed by atoms with E-state index in [2.05, 4.69) is 66.9 Å². The Morgan fingerprint density at radius 3 is 2.73 bits per heavy atom. The van der Waals surface area contributed by atoms with Crippen molar-refractivity contribution < 1.29 is 4.79 Å². The number of nitrogens with two attached hydrogens (primary N) is 1. The topological polar surface area (TPSA) is 55.1 Å². The van der Waals surface area contributed by atoms with E-state index in [9.17, 15) is 4.79 Å². The van der Waals surface area contributed by atoms with Crippen molar-refractivity contribution in [2.45, 2.75) is 58.5 Å². The van der Waals surface area contributed by atoms with E-state index in [1.807, 2.05) is 12.2 Å². The highest BCUT2D eigenvalue weighted by molar-refractivity contribution is 5.95. The van der Waals surface area contributed by atoms with Crippen LogP contribution in [0.2, 0.25) is 0 Å². The van der Waals surface area contributed by atoms with Gasteiger partial charge in [-0.05, 0) is 60.9 Å². The van der Waals surface area contributed by atoms with E-state index in [1.54, 1.807) is 0 Å². The number of allylic oxidation sites excluding steroid dienone is 4. The number of rotatable bonds is 5. The van der Waals surface area contributed by atoms with Crippen LogP contribution in [0.5, 0.6) is 0 Å². The fourth-order valence-corrected chi connectivity index (χ4v) is 4.86. The van der Waals surface area contributed by atoms with Gasteiger partial charge in [0.2, 0.25) is 5.91 Å². The van der Waals surface area contributed by atoms with Crippen LogP contribution in [0.1, 0.15) is 58.1 Å². The first-order chi connectivity index (χ1) is 14.1. The predicted molar refractivity (Wildman–Crippen MR) is 127 cm³/mol. The van der Waals surface area contributed by atoms with Crippen molar-refractivity contribution in [3.05, 3.63) is 83.5 Å². The first kappa shape index (κ1) is 22.0. The van der Waals surface area contributed by atoms with Crippen molar-refractivity contribution in [3.63, 3.8) is 0 Å². The first-order valence-corrected chi connectivity index (χ1v) is 10.7. The van der Waals surface area contributed by atoms with Crippen LogP contribution >= 0.6 is 0 Å². The maximum atomic E-state index is 11.5. The fraction of sp³-hybridized carbons (Fsp3) is 0.370. The summed E-state index contributed by atoms with van der Waals surface area (Å²) in [6.45, 7) is 2.28. The normalized spacial score (nSPS) is 22.4. The Morgan fingerprint density at radius 1 is 1.10 bits per heavy atom. The van der Waals surface area contributed by atoms with Gasteiger partial charge in [-0.1, -0.05) is 80.1 Å². The van der Waals surface area contributed by atoms with Gasteiger partial charge in [0.1, 0.15) is 0 Å². The summed E-state index contributed by atoms with van der Waals surface area (Å²) >= 11 is 0. The molecule has 158 valence electrons. The minimum atomic E-state index is -0.356. The summed E-state index contributed by atoms with van der Waals surface area (Å²) in [5.74, 6) is 0.208. The van der Waals surface area contributed by atoms with Gasteiger partial charge in [-0.2, -0.15) is 0 Å². The molecule has 30 heavy (non-hydrogen) atoms. The molecule has 0 radical (unpaired) electrons. The number of carbonyl (C=O) groups excluding carboxylic acids is 1. The number of hydrogen-bond acceptors (Lipinski definition) is 2. The van der Waals surface area contributed by atoms with Crippen molar-refractivity contribution in [2.24, 2.45) is 11.7 Å². The number of carbonyl (C=O) groups is 1. The van der Waals surface area contributed by atoms with E-state index in [0.717, 1.165) is 12.8 Å². The SMILES string of the molecule is C.CC(NC1CCCC(C2=CC=C(C(N)=O)C=CC2)C1)c1cccc2ccccc12. The minimum absolute atomic E-state index is 0. The molecule has 3 N–H and O–H groups in total.